The Morgan fingerprint density at radius 1 is 1.22 bits per heavy atom. The molecule has 27 heavy (non-hydrogen) atoms. The van der Waals surface area contributed by atoms with Gasteiger partial charge in [0.2, 0.25) is 4.21 Å². The molecule has 5 nitrogen and oxygen atoms in total. The number of nitrogens with zero attached hydrogens (tertiary/aromatic N) is 3. The van der Waals surface area contributed by atoms with Crippen LogP contribution in [0.3, 0.4) is 0 Å². The number of hydrogen-bond donors (Lipinski definition) is 1. The van der Waals surface area contributed by atoms with Gasteiger partial charge in [0.25, 0.3) is 0 Å². The number of hydrogen-bond acceptors (Lipinski definition) is 7. The summed E-state index contributed by atoms with van der Waals surface area (Å²) in [6.45, 7) is 0. The number of thiophene rings is 1. The highest BCUT2D eigenvalue weighted by Crippen LogP contribution is 2.46. The van der Waals surface area contributed by atoms with Crippen LogP contribution in [0.5, 0.6) is 0 Å². The van der Waals surface area contributed by atoms with E-state index in [1.165, 1.54) is 11.3 Å². The monoisotopic (exact) mass is 412 g/mol. The van der Waals surface area contributed by atoms with Gasteiger partial charge >= 0.3 is 0 Å². The predicted molar refractivity (Wildman–Crippen MR) is 112 cm³/mol. The Labute approximate surface area is 167 Å². The number of thiazole rings is 1. The number of rotatable bonds is 4. The second-order valence-corrected chi connectivity index (χ2v) is 10.3. The lowest BCUT2D eigenvalue weighted by Crippen LogP contribution is -2.28. The Kier molecular flexibility index (Phi) is 4.35. The smallest absolute Gasteiger partial charge is 0.232 e. The van der Waals surface area contributed by atoms with Gasteiger partial charge in [0, 0.05) is 46.3 Å². The van der Waals surface area contributed by atoms with Crippen molar-refractivity contribution in [3.8, 4) is 21.7 Å². The molecule has 0 amide bonds. The second-order valence-electron chi connectivity index (χ2n) is 6.50. The van der Waals surface area contributed by atoms with Crippen molar-refractivity contribution in [3.05, 3.63) is 42.3 Å². The van der Waals surface area contributed by atoms with Gasteiger partial charge in [-0.15, -0.1) is 11.3 Å². The van der Waals surface area contributed by atoms with Crippen LogP contribution in [-0.4, -0.2) is 24.8 Å². The first-order chi connectivity index (χ1) is 13.2. The van der Waals surface area contributed by atoms with E-state index in [0.717, 1.165) is 55.4 Å². The van der Waals surface area contributed by atoms with E-state index in [-0.39, 0.29) is 5.25 Å². The quantitative estimate of drug-likeness (QED) is 0.490. The van der Waals surface area contributed by atoms with Crippen molar-refractivity contribution in [2.24, 2.45) is 0 Å². The van der Waals surface area contributed by atoms with E-state index in [0.29, 0.717) is 5.69 Å². The first kappa shape index (κ1) is 17.1. The molecule has 1 aliphatic carbocycles. The summed E-state index contributed by atoms with van der Waals surface area (Å²) in [5.74, 6) is 0. The molecule has 0 bridgehead atoms. The van der Waals surface area contributed by atoms with Crippen molar-refractivity contribution in [2.75, 3.05) is 5.73 Å². The van der Waals surface area contributed by atoms with Crippen LogP contribution in [0.1, 0.15) is 19.3 Å². The molecule has 8 heteroatoms. The number of pyridine rings is 2. The summed E-state index contributed by atoms with van der Waals surface area (Å²) in [4.78, 5) is 15.1. The van der Waals surface area contributed by atoms with Gasteiger partial charge in [-0.25, -0.2) is 4.98 Å². The first-order valence-electron chi connectivity index (χ1n) is 8.65. The number of anilines is 1. The lowest BCUT2D eigenvalue weighted by Gasteiger charge is -2.27. The number of nitrogens with two attached hydrogens (primary N) is 1. The topological polar surface area (TPSA) is 87.8 Å². The molecule has 4 aromatic rings. The molecule has 0 aromatic carbocycles. The van der Waals surface area contributed by atoms with Crippen LogP contribution in [0.2, 0.25) is 0 Å². The van der Waals surface area contributed by atoms with Crippen molar-refractivity contribution in [1.29, 1.82) is 0 Å². The van der Waals surface area contributed by atoms with Crippen LogP contribution in [0.25, 0.3) is 31.9 Å². The Balaban J connectivity index is 1.74. The molecule has 1 atom stereocenters. The maximum absolute atomic E-state index is 13.0. The third-order valence-electron chi connectivity index (χ3n) is 4.86. The lowest BCUT2D eigenvalue weighted by atomic mass is 10.0. The highest BCUT2D eigenvalue weighted by molar-refractivity contribution is 7.94. The highest BCUT2D eigenvalue weighted by atomic mass is 32.2. The predicted octanol–water partition coefficient (Wildman–Crippen LogP) is 4.72. The van der Waals surface area contributed by atoms with Gasteiger partial charge in [-0.1, -0.05) is 11.3 Å². The minimum Gasteiger partial charge on any atom is -0.611 e. The Bertz CT molecular complexity index is 1090. The van der Waals surface area contributed by atoms with E-state index < -0.39 is 11.2 Å². The summed E-state index contributed by atoms with van der Waals surface area (Å²) in [6, 6.07) is 5.92. The van der Waals surface area contributed by atoms with E-state index in [1.54, 1.807) is 29.2 Å². The Morgan fingerprint density at radius 3 is 2.78 bits per heavy atom. The van der Waals surface area contributed by atoms with Crippen LogP contribution < -0.4 is 5.73 Å². The number of fused-ring (bicyclic) bond motifs is 1. The lowest BCUT2D eigenvalue weighted by molar-refractivity contribution is 0.478. The van der Waals surface area contributed by atoms with Crippen LogP contribution in [-0.2, 0) is 11.2 Å². The van der Waals surface area contributed by atoms with Gasteiger partial charge in [-0.2, -0.15) is 0 Å². The van der Waals surface area contributed by atoms with Gasteiger partial charge in [-0.3, -0.25) is 9.97 Å². The molecular weight excluding hydrogens is 396 g/mol. The normalized spacial score (nSPS) is 15.7. The zero-order valence-electron chi connectivity index (χ0n) is 14.3. The third kappa shape index (κ3) is 2.93. The highest BCUT2D eigenvalue weighted by Gasteiger charge is 2.35. The summed E-state index contributed by atoms with van der Waals surface area (Å²) < 4.78 is 13.7. The van der Waals surface area contributed by atoms with Crippen molar-refractivity contribution in [2.45, 2.75) is 28.7 Å². The molecule has 1 unspecified atom stereocenters. The minimum absolute atomic E-state index is 0.227. The summed E-state index contributed by atoms with van der Waals surface area (Å²) in [5, 5.41) is 1.12. The molecule has 0 saturated heterocycles. The van der Waals surface area contributed by atoms with E-state index in [1.807, 2.05) is 24.4 Å². The maximum Gasteiger partial charge on any atom is 0.232 e. The van der Waals surface area contributed by atoms with Crippen molar-refractivity contribution >= 4 is 49.8 Å². The molecule has 4 heterocycles. The maximum atomic E-state index is 13.0. The standard InChI is InChI=1S/C19H16N4OS3/c20-17-16-13(15-9-22-10-25-15)7-14(11-3-2-6-21-8-11)23-18(16)26-19(17)27(24)12-4-1-5-12/h2-3,6-10,12H,1,4-5,20H2. The average Bonchev–Trinajstić information content (AvgIpc) is 3.29. The summed E-state index contributed by atoms with van der Waals surface area (Å²) >= 11 is 1.96. The zero-order chi connectivity index (χ0) is 18.4. The molecule has 4 aromatic heterocycles. The molecule has 0 spiro atoms. The van der Waals surface area contributed by atoms with E-state index in [2.05, 4.69) is 9.97 Å². The van der Waals surface area contributed by atoms with Gasteiger partial charge in [0.15, 0.2) is 0 Å². The number of aromatic nitrogens is 3. The van der Waals surface area contributed by atoms with E-state index >= 15 is 0 Å². The van der Waals surface area contributed by atoms with Crippen molar-refractivity contribution < 1.29 is 4.55 Å². The summed E-state index contributed by atoms with van der Waals surface area (Å²) in [5.41, 5.74) is 11.7. The van der Waals surface area contributed by atoms with E-state index in [9.17, 15) is 4.55 Å². The molecular formula is C19H16N4OS3. The molecule has 1 fully saturated rings. The van der Waals surface area contributed by atoms with Gasteiger partial charge in [-0.05, 0) is 37.5 Å². The van der Waals surface area contributed by atoms with Crippen LogP contribution in [0.4, 0.5) is 5.69 Å². The SMILES string of the molecule is Nc1c([S+]([O-])C2CCC2)sc2nc(-c3cccnc3)cc(-c3cncs3)c12. The molecule has 136 valence electrons. The van der Waals surface area contributed by atoms with E-state index in [4.69, 9.17) is 10.7 Å². The molecule has 0 radical (unpaired) electrons. The molecule has 2 N–H and O–H groups in total. The minimum atomic E-state index is -1.06. The average molecular weight is 413 g/mol. The first-order valence-corrected chi connectivity index (χ1v) is 11.6. The fourth-order valence-corrected chi connectivity index (χ4v) is 7.05. The van der Waals surface area contributed by atoms with Gasteiger partial charge in [0.05, 0.1) is 16.1 Å². The zero-order valence-corrected chi connectivity index (χ0v) is 16.7. The fraction of sp³-hybridized carbons (Fsp3) is 0.211. The van der Waals surface area contributed by atoms with Crippen LogP contribution >= 0.6 is 22.7 Å². The summed E-state index contributed by atoms with van der Waals surface area (Å²) in [6.07, 6.45) is 8.56. The largest absolute Gasteiger partial charge is 0.611 e. The van der Waals surface area contributed by atoms with Gasteiger partial charge in [0.1, 0.15) is 15.8 Å². The fourth-order valence-electron chi connectivity index (χ4n) is 3.19. The third-order valence-corrected chi connectivity index (χ3v) is 8.96. The van der Waals surface area contributed by atoms with Crippen molar-refractivity contribution in [1.82, 2.24) is 15.0 Å². The molecule has 5 rings (SSSR count). The van der Waals surface area contributed by atoms with Gasteiger partial charge < -0.3 is 10.3 Å². The molecule has 1 aliphatic rings. The molecule has 1 saturated carbocycles. The van der Waals surface area contributed by atoms with Crippen LogP contribution in [0.15, 0.2) is 46.5 Å². The Morgan fingerprint density at radius 2 is 2.11 bits per heavy atom. The summed E-state index contributed by atoms with van der Waals surface area (Å²) in [7, 11) is 0. The van der Waals surface area contributed by atoms with Crippen LogP contribution in [0, 0.1) is 0 Å². The number of nitrogen functional groups attached to an aromatic ring is 1. The molecule has 0 aliphatic heterocycles. The van der Waals surface area contributed by atoms with Crippen molar-refractivity contribution in [3.63, 3.8) is 0 Å². The Hall–Kier alpha value is -2.00. The second kappa shape index (κ2) is 6.87.